The Balaban J connectivity index is 2.13. The maximum absolute atomic E-state index is 11.5. The Bertz CT molecular complexity index is 865. The molecular formula is C18H19Cl2NO4S. The van der Waals surface area contributed by atoms with E-state index in [1.165, 1.54) is 0 Å². The zero-order chi connectivity index (χ0) is 19.5. The molecule has 0 aliphatic heterocycles. The van der Waals surface area contributed by atoms with Crippen molar-refractivity contribution < 1.29 is 18.3 Å². The minimum Gasteiger partial charge on any atom is -0.386 e. The fourth-order valence-electron chi connectivity index (χ4n) is 2.42. The van der Waals surface area contributed by atoms with Gasteiger partial charge in [0.15, 0.2) is 14.7 Å². The zero-order valence-corrected chi connectivity index (χ0v) is 16.5. The Morgan fingerprint density at radius 3 is 1.88 bits per heavy atom. The van der Waals surface area contributed by atoms with E-state index in [0.29, 0.717) is 5.56 Å². The number of hydrogen-bond acceptors (Lipinski definition) is 4. The number of aliphatic hydroxyl groups excluding tert-OH is 1. The van der Waals surface area contributed by atoms with Crippen molar-refractivity contribution in [2.24, 2.45) is 0 Å². The van der Waals surface area contributed by atoms with E-state index in [4.69, 9.17) is 23.2 Å². The molecule has 0 aliphatic rings. The summed E-state index contributed by atoms with van der Waals surface area (Å²) in [7, 11) is -3.23. The van der Waals surface area contributed by atoms with E-state index in [1.807, 2.05) is 12.1 Å². The molecule has 140 valence electrons. The van der Waals surface area contributed by atoms with Gasteiger partial charge >= 0.3 is 0 Å². The smallest absolute Gasteiger partial charge is 0.253 e. The molecule has 8 heteroatoms. The highest BCUT2D eigenvalue weighted by Crippen LogP contribution is 2.25. The normalized spacial score (nSPS) is 14.1. The van der Waals surface area contributed by atoms with Crippen LogP contribution in [0.15, 0.2) is 53.4 Å². The number of hydrogen-bond donors (Lipinski definition) is 2. The van der Waals surface area contributed by atoms with E-state index in [9.17, 15) is 18.3 Å². The summed E-state index contributed by atoms with van der Waals surface area (Å²) >= 11 is 11.0. The number of sulfone groups is 1. The van der Waals surface area contributed by atoms with Gasteiger partial charge in [-0.3, -0.25) is 4.79 Å². The van der Waals surface area contributed by atoms with Crippen LogP contribution < -0.4 is 5.32 Å². The average Bonchev–Trinajstić information content (AvgIpc) is 2.60. The molecule has 0 unspecified atom stereocenters. The number of benzene rings is 2. The number of carbonyl (C=O) groups excluding carboxylic acids is 1. The van der Waals surface area contributed by atoms with Crippen LogP contribution in [0.3, 0.4) is 0 Å². The van der Waals surface area contributed by atoms with Crippen molar-refractivity contribution in [3.05, 3.63) is 54.1 Å². The summed E-state index contributed by atoms with van der Waals surface area (Å²) < 4.78 is 23.0. The molecule has 2 aromatic rings. The van der Waals surface area contributed by atoms with Crippen molar-refractivity contribution in [2.75, 3.05) is 6.26 Å². The lowest BCUT2D eigenvalue weighted by atomic mass is 9.99. The molecule has 0 spiro atoms. The van der Waals surface area contributed by atoms with E-state index in [1.54, 1.807) is 43.3 Å². The summed E-state index contributed by atoms with van der Waals surface area (Å²) in [5, 5.41) is 12.9. The van der Waals surface area contributed by atoms with Crippen LogP contribution in [0.25, 0.3) is 11.1 Å². The minimum absolute atomic E-state index is 0.259. The first-order valence-corrected chi connectivity index (χ1v) is 10.5. The van der Waals surface area contributed by atoms with E-state index in [0.717, 1.165) is 17.4 Å². The van der Waals surface area contributed by atoms with E-state index >= 15 is 0 Å². The van der Waals surface area contributed by atoms with Crippen LogP contribution in [-0.4, -0.2) is 36.6 Å². The molecular weight excluding hydrogens is 397 g/mol. The topological polar surface area (TPSA) is 83.5 Å². The van der Waals surface area contributed by atoms with Crippen molar-refractivity contribution in [1.82, 2.24) is 5.32 Å². The third-order valence-electron chi connectivity index (χ3n) is 3.91. The van der Waals surface area contributed by atoms with Crippen molar-refractivity contribution in [3.63, 3.8) is 0 Å². The molecule has 2 rings (SSSR count). The Hall–Kier alpha value is -1.60. The van der Waals surface area contributed by atoms with Crippen LogP contribution in [0.2, 0.25) is 0 Å². The first kappa shape index (κ1) is 20.7. The summed E-state index contributed by atoms with van der Waals surface area (Å²) in [6.45, 7) is 1.65. The SMILES string of the molecule is C[C@@H](NC(=O)C(Cl)Cl)[C@H](O)c1ccc(-c2ccc(S(C)(=O)=O)cc2)cc1. The predicted molar refractivity (Wildman–Crippen MR) is 103 cm³/mol. The molecule has 0 saturated heterocycles. The molecule has 0 heterocycles. The lowest BCUT2D eigenvalue weighted by Crippen LogP contribution is -2.39. The van der Waals surface area contributed by atoms with Gasteiger partial charge in [-0.25, -0.2) is 8.42 Å². The quantitative estimate of drug-likeness (QED) is 0.709. The van der Waals surface area contributed by atoms with Crippen LogP contribution in [0.4, 0.5) is 0 Å². The molecule has 0 radical (unpaired) electrons. The van der Waals surface area contributed by atoms with Gasteiger partial charge in [-0.15, -0.1) is 0 Å². The number of nitrogens with one attached hydrogen (secondary N) is 1. The summed E-state index contributed by atoms with van der Waals surface area (Å²) in [6, 6.07) is 13.1. The van der Waals surface area contributed by atoms with Gasteiger partial charge in [-0.05, 0) is 35.7 Å². The van der Waals surface area contributed by atoms with Gasteiger partial charge in [0.2, 0.25) is 0 Å². The molecule has 5 nitrogen and oxygen atoms in total. The Morgan fingerprint density at radius 1 is 1.00 bits per heavy atom. The largest absolute Gasteiger partial charge is 0.386 e. The molecule has 0 aromatic heterocycles. The average molecular weight is 416 g/mol. The summed E-state index contributed by atoms with van der Waals surface area (Å²) in [5.74, 6) is -0.567. The van der Waals surface area contributed by atoms with Crippen molar-refractivity contribution in [2.45, 2.75) is 28.8 Å². The Labute approximate surface area is 162 Å². The number of alkyl halides is 2. The van der Waals surface area contributed by atoms with Gasteiger partial charge in [0.05, 0.1) is 17.0 Å². The molecule has 2 N–H and O–H groups in total. The maximum Gasteiger partial charge on any atom is 0.253 e. The molecule has 26 heavy (non-hydrogen) atoms. The first-order valence-electron chi connectivity index (χ1n) is 7.76. The molecule has 0 aliphatic carbocycles. The predicted octanol–water partition coefficient (Wildman–Crippen LogP) is 3.10. The van der Waals surface area contributed by atoms with E-state index in [2.05, 4.69) is 5.32 Å². The minimum atomic E-state index is -3.23. The van der Waals surface area contributed by atoms with Crippen LogP contribution >= 0.6 is 23.2 Å². The summed E-state index contributed by atoms with van der Waals surface area (Å²) in [5.41, 5.74) is 2.35. The molecule has 1 amide bonds. The zero-order valence-electron chi connectivity index (χ0n) is 14.2. The highest BCUT2D eigenvalue weighted by molar-refractivity contribution is 7.90. The van der Waals surface area contributed by atoms with Gasteiger partial charge in [0.25, 0.3) is 5.91 Å². The van der Waals surface area contributed by atoms with Crippen LogP contribution in [0.1, 0.15) is 18.6 Å². The highest BCUT2D eigenvalue weighted by Gasteiger charge is 2.21. The Kier molecular flexibility index (Phi) is 6.69. The molecule has 0 bridgehead atoms. The fraction of sp³-hybridized carbons (Fsp3) is 0.278. The van der Waals surface area contributed by atoms with Gasteiger partial charge in [-0.2, -0.15) is 0 Å². The number of amides is 1. The van der Waals surface area contributed by atoms with Crippen LogP contribution in [-0.2, 0) is 14.6 Å². The standard InChI is InChI=1S/C18H19Cl2NO4S/c1-11(21-18(23)17(19)20)16(22)14-5-3-12(4-6-14)13-7-9-15(10-8-13)26(2,24)25/h3-11,16-17,22H,1-2H3,(H,21,23)/t11-,16+/m1/s1. The summed E-state index contributed by atoms with van der Waals surface area (Å²) in [4.78, 5) is 10.6. The number of carbonyl (C=O) groups is 1. The lowest BCUT2D eigenvalue weighted by Gasteiger charge is -2.21. The molecule has 2 atom stereocenters. The van der Waals surface area contributed by atoms with Crippen LogP contribution in [0, 0.1) is 0 Å². The molecule has 0 saturated carbocycles. The van der Waals surface area contributed by atoms with E-state index < -0.39 is 32.7 Å². The third-order valence-corrected chi connectivity index (χ3v) is 5.43. The molecule has 0 fully saturated rings. The second-order valence-corrected chi connectivity index (χ2v) is 9.07. The monoisotopic (exact) mass is 415 g/mol. The van der Waals surface area contributed by atoms with Crippen molar-refractivity contribution in [3.8, 4) is 11.1 Å². The highest BCUT2D eigenvalue weighted by atomic mass is 35.5. The number of rotatable bonds is 6. The maximum atomic E-state index is 11.5. The van der Waals surface area contributed by atoms with Gasteiger partial charge in [-0.1, -0.05) is 59.6 Å². The van der Waals surface area contributed by atoms with E-state index in [-0.39, 0.29) is 4.90 Å². The van der Waals surface area contributed by atoms with Crippen LogP contribution in [0.5, 0.6) is 0 Å². The lowest BCUT2D eigenvalue weighted by molar-refractivity contribution is -0.120. The second kappa shape index (κ2) is 8.39. The first-order chi connectivity index (χ1) is 12.1. The second-order valence-electron chi connectivity index (χ2n) is 5.96. The molecule has 2 aromatic carbocycles. The third kappa shape index (κ3) is 5.20. The van der Waals surface area contributed by atoms with Gasteiger partial charge < -0.3 is 10.4 Å². The number of halogens is 2. The van der Waals surface area contributed by atoms with Gasteiger partial charge in [0, 0.05) is 6.26 Å². The van der Waals surface area contributed by atoms with Gasteiger partial charge in [0.1, 0.15) is 0 Å². The number of aliphatic hydroxyl groups is 1. The summed E-state index contributed by atoms with van der Waals surface area (Å²) in [6.07, 6.45) is 0.238. The van der Waals surface area contributed by atoms with Crippen molar-refractivity contribution >= 4 is 38.9 Å². The fourth-order valence-corrected chi connectivity index (χ4v) is 3.18. The Morgan fingerprint density at radius 2 is 1.46 bits per heavy atom. The van der Waals surface area contributed by atoms with Crippen molar-refractivity contribution in [1.29, 1.82) is 0 Å².